The summed E-state index contributed by atoms with van der Waals surface area (Å²) in [4.78, 5) is 4.07. The molecule has 7 nitrogen and oxygen atoms in total. The zero-order valence-corrected chi connectivity index (χ0v) is 19.4. The molecule has 0 aliphatic heterocycles. The predicted octanol–water partition coefficient (Wildman–Crippen LogP) is 4.08. The quantitative estimate of drug-likeness (QED) is 0.449. The zero-order valence-electron chi connectivity index (χ0n) is 17.8. The summed E-state index contributed by atoms with van der Waals surface area (Å²) in [7, 11) is -1.85. The largest absolute Gasteiger partial charge is 0.383 e. The fraction of sp³-hybridized carbons (Fsp3) is 0.450. The molecule has 162 valence electrons. The van der Waals surface area contributed by atoms with Crippen LogP contribution in [0.2, 0.25) is 0 Å². The van der Waals surface area contributed by atoms with Crippen molar-refractivity contribution in [2.45, 2.75) is 63.2 Å². The Labute approximate surface area is 182 Å². The molecule has 0 spiro atoms. The van der Waals surface area contributed by atoms with Gasteiger partial charge in [-0.1, -0.05) is 27.7 Å². The van der Waals surface area contributed by atoms with Crippen molar-refractivity contribution in [1.29, 1.82) is 5.26 Å². The molecular weight excluding hydrogens is 425 g/mol. The molecule has 30 heavy (non-hydrogen) atoms. The highest BCUT2D eigenvalue weighted by Crippen LogP contribution is 2.36. The topological polar surface area (TPSA) is 124 Å². The van der Waals surface area contributed by atoms with E-state index in [0.29, 0.717) is 26.0 Å². The van der Waals surface area contributed by atoms with Gasteiger partial charge in [0, 0.05) is 5.56 Å². The van der Waals surface area contributed by atoms with Crippen LogP contribution in [0.3, 0.4) is 0 Å². The van der Waals surface area contributed by atoms with Gasteiger partial charge in [-0.05, 0) is 37.3 Å². The van der Waals surface area contributed by atoms with E-state index in [1.807, 2.05) is 33.8 Å². The minimum absolute atomic E-state index is 0.0214. The maximum Gasteiger partial charge on any atom is 0.207 e. The van der Waals surface area contributed by atoms with Gasteiger partial charge in [0.1, 0.15) is 26.7 Å². The van der Waals surface area contributed by atoms with Crippen LogP contribution in [0, 0.1) is 17.1 Å². The molecule has 1 heterocycles. The summed E-state index contributed by atoms with van der Waals surface area (Å²) in [5, 5.41) is 22.6. The van der Waals surface area contributed by atoms with Gasteiger partial charge in [-0.3, -0.25) is 0 Å². The van der Waals surface area contributed by atoms with Gasteiger partial charge in [-0.2, -0.15) is 5.26 Å². The van der Waals surface area contributed by atoms with Crippen LogP contribution in [0.15, 0.2) is 20.9 Å². The number of aromatic nitrogens is 1. The van der Waals surface area contributed by atoms with Gasteiger partial charge in [-0.15, -0.1) is 15.7 Å². The van der Waals surface area contributed by atoms with Crippen molar-refractivity contribution in [3.8, 4) is 6.07 Å². The first kappa shape index (κ1) is 23.9. The number of halogens is 1. The van der Waals surface area contributed by atoms with Gasteiger partial charge in [-0.25, -0.2) is 13.6 Å². The third-order valence-electron chi connectivity index (χ3n) is 4.26. The van der Waals surface area contributed by atoms with Gasteiger partial charge >= 0.3 is 0 Å². The number of hydrogen-bond donors (Lipinski definition) is 3. The molecule has 2 rings (SSSR count). The van der Waals surface area contributed by atoms with Crippen LogP contribution in [-0.2, 0) is 16.6 Å². The summed E-state index contributed by atoms with van der Waals surface area (Å²) in [5.74, 6) is -1.01. The van der Waals surface area contributed by atoms with Crippen LogP contribution in [0.5, 0.6) is 0 Å². The van der Waals surface area contributed by atoms with Crippen molar-refractivity contribution in [2.24, 2.45) is 10.1 Å². The van der Waals surface area contributed by atoms with E-state index in [1.54, 1.807) is 13.8 Å². The summed E-state index contributed by atoms with van der Waals surface area (Å²) in [5.41, 5.74) is 6.26. The van der Waals surface area contributed by atoms with Crippen LogP contribution in [-0.4, -0.2) is 20.3 Å². The number of nitriles is 1. The van der Waals surface area contributed by atoms with E-state index in [4.69, 9.17) is 5.73 Å². The SMILES string of the molecule is CC(C)c1cc(C#N)c(F)c(C(C)C)c1N/C(N)=N/S(=O)c1cnc(C(C)(C)O)s1. The molecular formula is C20H26FN5O2S2. The standard InChI is InChI=1S/C20H26FN5O2S2/c1-10(2)13-7-12(8-22)16(21)15(11(3)4)17(13)25-19(23)26-30(28)14-9-24-18(29-14)20(5,6)27/h7,9-11,27H,1-6H3,(H3,23,25,26). The van der Waals surface area contributed by atoms with Crippen LogP contribution in [0.1, 0.15) is 75.1 Å². The number of nitrogens with one attached hydrogen (secondary N) is 1. The lowest BCUT2D eigenvalue weighted by atomic mass is 9.90. The summed E-state index contributed by atoms with van der Waals surface area (Å²) in [6.07, 6.45) is 1.38. The lowest BCUT2D eigenvalue weighted by Gasteiger charge is -2.22. The van der Waals surface area contributed by atoms with Crippen LogP contribution < -0.4 is 11.1 Å². The fourth-order valence-electron chi connectivity index (χ4n) is 2.83. The molecule has 0 bridgehead atoms. The van der Waals surface area contributed by atoms with E-state index in [2.05, 4.69) is 14.7 Å². The number of nitrogens with zero attached hydrogens (tertiary/aromatic N) is 3. The average molecular weight is 452 g/mol. The Bertz CT molecular complexity index is 1030. The molecule has 0 aliphatic rings. The maximum absolute atomic E-state index is 14.9. The molecule has 1 aromatic carbocycles. The van der Waals surface area contributed by atoms with E-state index in [0.717, 1.165) is 11.3 Å². The first-order valence-corrected chi connectivity index (χ1v) is 11.3. The minimum Gasteiger partial charge on any atom is -0.383 e. The Morgan fingerprint density at radius 1 is 1.40 bits per heavy atom. The number of thiazole rings is 1. The van der Waals surface area contributed by atoms with E-state index in [-0.39, 0.29) is 23.4 Å². The highest BCUT2D eigenvalue weighted by atomic mass is 32.2. The van der Waals surface area contributed by atoms with Gasteiger partial charge in [0.05, 0.1) is 17.4 Å². The Kier molecular flexibility index (Phi) is 7.34. The van der Waals surface area contributed by atoms with Crippen molar-refractivity contribution in [2.75, 3.05) is 5.32 Å². The van der Waals surface area contributed by atoms with E-state index >= 15 is 0 Å². The number of anilines is 1. The Morgan fingerprint density at radius 3 is 2.50 bits per heavy atom. The van der Waals surface area contributed by atoms with E-state index in [1.165, 1.54) is 12.3 Å². The number of nitrogens with two attached hydrogens (primary N) is 1. The highest BCUT2D eigenvalue weighted by molar-refractivity contribution is 7.86. The lowest BCUT2D eigenvalue weighted by Crippen LogP contribution is -2.25. The van der Waals surface area contributed by atoms with Gasteiger partial charge in [0.25, 0.3) is 0 Å². The molecule has 0 amide bonds. The molecule has 1 unspecified atom stereocenters. The summed E-state index contributed by atoms with van der Waals surface area (Å²) < 4.78 is 31.7. The molecule has 2 aromatic rings. The molecule has 0 radical (unpaired) electrons. The summed E-state index contributed by atoms with van der Waals surface area (Å²) in [6, 6.07) is 3.39. The van der Waals surface area contributed by atoms with Crippen molar-refractivity contribution in [1.82, 2.24) is 4.98 Å². The summed E-state index contributed by atoms with van der Waals surface area (Å²) in [6.45, 7) is 10.6. The van der Waals surface area contributed by atoms with Crippen LogP contribution in [0.25, 0.3) is 0 Å². The Balaban J connectivity index is 2.45. The fourth-order valence-corrected chi connectivity index (χ4v) is 4.57. The third-order valence-corrected chi connectivity index (χ3v) is 6.86. The second-order valence-corrected chi connectivity index (χ2v) is 10.3. The van der Waals surface area contributed by atoms with Crippen LogP contribution >= 0.6 is 11.3 Å². The average Bonchev–Trinajstić information content (AvgIpc) is 3.11. The lowest BCUT2D eigenvalue weighted by molar-refractivity contribution is 0.0783. The van der Waals surface area contributed by atoms with Gasteiger partial charge in [0.15, 0.2) is 11.0 Å². The molecule has 0 fully saturated rings. The Hall–Kier alpha value is -2.35. The van der Waals surface area contributed by atoms with E-state index in [9.17, 15) is 19.0 Å². The highest BCUT2D eigenvalue weighted by Gasteiger charge is 2.24. The van der Waals surface area contributed by atoms with Crippen molar-refractivity contribution < 1.29 is 13.7 Å². The first-order valence-electron chi connectivity index (χ1n) is 9.34. The normalized spacial score (nSPS) is 13.6. The molecule has 4 N–H and O–H groups in total. The smallest absolute Gasteiger partial charge is 0.207 e. The second-order valence-electron chi connectivity index (χ2n) is 7.93. The molecule has 1 atom stereocenters. The number of hydrogen-bond acceptors (Lipinski definition) is 5. The number of benzene rings is 1. The second kappa shape index (κ2) is 9.20. The monoisotopic (exact) mass is 451 g/mol. The maximum atomic E-state index is 14.9. The molecule has 1 aromatic heterocycles. The first-order chi connectivity index (χ1) is 13.9. The van der Waals surface area contributed by atoms with Gasteiger partial charge < -0.3 is 16.2 Å². The number of aliphatic hydroxyl groups is 1. The van der Waals surface area contributed by atoms with E-state index < -0.39 is 22.4 Å². The number of guanidine groups is 1. The van der Waals surface area contributed by atoms with Crippen LogP contribution in [0.4, 0.5) is 10.1 Å². The molecule has 0 saturated carbocycles. The van der Waals surface area contributed by atoms with Crippen molar-refractivity contribution in [3.63, 3.8) is 0 Å². The zero-order chi connectivity index (χ0) is 22.8. The van der Waals surface area contributed by atoms with Crippen molar-refractivity contribution >= 4 is 34.0 Å². The Morgan fingerprint density at radius 2 is 2.03 bits per heavy atom. The predicted molar refractivity (Wildman–Crippen MR) is 118 cm³/mol. The molecule has 0 saturated heterocycles. The number of rotatable bonds is 6. The third kappa shape index (κ3) is 5.22. The van der Waals surface area contributed by atoms with Gasteiger partial charge in [0.2, 0.25) is 5.96 Å². The molecule has 10 heteroatoms. The minimum atomic E-state index is -1.85. The summed E-state index contributed by atoms with van der Waals surface area (Å²) >= 11 is 1.07. The van der Waals surface area contributed by atoms with Crippen molar-refractivity contribution in [3.05, 3.63) is 39.8 Å². The molecule has 0 aliphatic carbocycles.